The molecule has 1 amide bonds. The minimum absolute atomic E-state index is 0.0670. The maximum atomic E-state index is 13.3. The number of ether oxygens (including phenoxy) is 1. The van der Waals surface area contributed by atoms with Crippen molar-refractivity contribution in [1.29, 1.82) is 0 Å². The third kappa shape index (κ3) is 3.67. The van der Waals surface area contributed by atoms with Gasteiger partial charge in [0.2, 0.25) is 0 Å². The first-order valence-electron chi connectivity index (χ1n) is 9.51. The third-order valence-electron chi connectivity index (χ3n) is 5.19. The van der Waals surface area contributed by atoms with E-state index in [0.29, 0.717) is 12.2 Å². The Balaban J connectivity index is 1.67. The number of aryl methyl sites for hydroxylation is 3. The quantitative estimate of drug-likeness (QED) is 0.660. The number of amides is 1. The van der Waals surface area contributed by atoms with Gasteiger partial charge < -0.3 is 4.74 Å². The molecule has 148 valence electrons. The minimum Gasteiger partial charge on any atom is -0.379 e. The van der Waals surface area contributed by atoms with Crippen molar-refractivity contribution in [2.45, 2.75) is 13.8 Å². The first-order chi connectivity index (χ1) is 13.5. The fraction of sp³-hybridized carbons (Fsp3) is 0.450. The number of nitrogens with zero attached hydrogens (tertiary/aromatic N) is 5. The second-order valence-corrected chi connectivity index (χ2v) is 8.10. The maximum Gasteiger partial charge on any atom is 0.278 e. The zero-order valence-electron chi connectivity index (χ0n) is 16.5. The molecule has 1 saturated heterocycles. The van der Waals surface area contributed by atoms with Gasteiger partial charge in [0.25, 0.3) is 5.91 Å². The summed E-state index contributed by atoms with van der Waals surface area (Å²) in [4.78, 5) is 22.3. The van der Waals surface area contributed by atoms with Crippen LogP contribution in [0.4, 0.5) is 5.13 Å². The predicted molar refractivity (Wildman–Crippen MR) is 111 cm³/mol. The highest BCUT2D eigenvalue weighted by Crippen LogP contribution is 2.33. The van der Waals surface area contributed by atoms with Gasteiger partial charge in [0.15, 0.2) is 5.13 Å². The number of carbonyl (C=O) groups is 1. The number of carbonyl (C=O) groups excluding carboxylic acids is 1. The molecule has 4 rings (SSSR count). The van der Waals surface area contributed by atoms with Crippen LogP contribution in [0.5, 0.6) is 0 Å². The fourth-order valence-electron chi connectivity index (χ4n) is 3.44. The lowest BCUT2D eigenvalue weighted by molar-refractivity contribution is 0.0391. The number of anilines is 1. The first kappa shape index (κ1) is 19.0. The third-order valence-corrected chi connectivity index (χ3v) is 6.40. The summed E-state index contributed by atoms with van der Waals surface area (Å²) in [5.41, 5.74) is 3.86. The van der Waals surface area contributed by atoms with E-state index in [1.54, 1.807) is 40.2 Å². The normalized spacial score (nSPS) is 15.2. The topological polar surface area (TPSA) is 63.5 Å². The van der Waals surface area contributed by atoms with Gasteiger partial charge in [-0.25, -0.2) is 4.98 Å². The lowest BCUT2D eigenvalue weighted by Crippen LogP contribution is -2.43. The summed E-state index contributed by atoms with van der Waals surface area (Å²) < 4.78 is 8.20. The van der Waals surface area contributed by atoms with Gasteiger partial charge in [-0.3, -0.25) is 19.3 Å². The van der Waals surface area contributed by atoms with E-state index in [9.17, 15) is 4.79 Å². The molecule has 1 fully saturated rings. The van der Waals surface area contributed by atoms with Crippen LogP contribution in [0.3, 0.4) is 0 Å². The molecule has 1 aromatic carbocycles. The number of rotatable bonds is 5. The molecule has 0 radical (unpaired) electrons. The highest BCUT2D eigenvalue weighted by atomic mass is 32.1. The Labute approximate surface area is 168 Å². The van der Waals surface area contributed by atoms with E-state index in [4.69, 9.17) is 9.72 Å². The van der Waals surface area contributed by atoms with Crippen molar-refractivity contribution in [3.8, 4) is 0 Å². The Hall–Kier alpha value is -2.29. The molecule has 0 bridgehead atoms. The summed E-state index contributed by atoms with van der Waals surface area (Å²) in [6.45, 7) is 8.81. The minimum atomic E-state index is -0.0670. The van der Waals surface area contributed by atoms with Crippen LogP contribution in [0.1, 0.15) is 21.6 Å². The zero-order chi connectivity index (χ0) is 19.7. The van der Waals surface area contributed by atoms with Gasteiger partial charge in [0, 0.05) is 39.4 Å². The number of fused-ring (bicyclic) bond motifs is 1. The van der Waals surface area contributed by atoms with Gasteiger partial charge in [0.1, 0.15) is 5.69 Å². The van der Waals surface area contributed by atoms with Gasteiger partial charge >= 0.3 is 0 Å². The first-order valence-corrected chi connectivity index (χ1v) is 10.3. The van der Waals surface area contributed by atoms with Crippen molar-refractivity contribution in [3.63, 3.8) is 0 Å². The van der Waals surface area contributed by atoms with E-state index < -0.39 is 0 Å². The number of thiazole rings is 1. The summed E-state index contributed by atoms with van der Waals surface area (Å²) in [6, 6.07) is 5.96. The number of morpholine rings is 1. The summed E-state index contributed by atoms with van der Waals surface area (Å²) in [6.07, 6.45) is 1.65. The smallest absolute Gasteiger partial charge is 0.278 e. The highest BCUT2D eigenvalue weighted by molar-refractivity contribution is 7.22. The highest BCUT2D eigenvalue weighted by Gasteiger charge is 2.25. The largest absolute Gasteiger partial charge is 0.379 e. The van der Waals surface area contributed by atoms with Gasteiger partial charge in [0.05, 0.1) is 23.4 Å². The zero-order valence-corrected chi connectivity index (χ0v) is 17.3. The van der Waals surface area contributed by atoms with Crippen LogP contribution in [0.25, 0.3) is 10.2 Å². The van der Waals surface area contributed by atoms with Crippen LogP contribution in [-0.2, 0) is 11.8 Å². The van der Waals surface area contributed by atoms with E-state index in [2.05, 4.69) is 36.0 Å². The maximum absolute atomic E-state index is 13.3. The lowest BCUT2D eigenvalue weighted by atomic mass is 10.1. The van der Waals surface area contributed by atoms with Gasteiger partial charge in [-0.15, -0.1) is 0 Å². The lowest BCUT2D eigenvalue weighted by Gasteiger charge is -2.29. The summed E-state index contributed by atoms with van der Waals surface area (Å²) >= 11 is 1.59. The fourth-order valence-corrected chi connectivity index (χ4v) is 4.57. The van der Waals surface area contributed by atoms with Gasteiger partial charge in [-0.1, -0.05) is 23.5 Å². The number of aromatic nitrogens is 3. The molecule has 0 spiro atoms. The van der Waals surface area contributed by atoms with Crippen LogP contribution >= 0.6 is 11.3 Å². The van der Waals surface area contributed by atoms with Crippen molar-refractivity contribution in [1.82, 2.24) is 19.7 Å². The number of hydrogen-bond acceptors (Lipinski definition) is 6. The Morgan fingerprint density at radius 1 is 1.21 bits per heavy atom. The molecule has 0 atom stereocenters. The van der Waals surface area contributed by atoms with Crippen LogP contribution in [0.15, 0.2) is 24.4 Å². The number of hydrogen-bond donors (Lipinski definition) is 0. The Kier molecular flexibility index (Phi) is 5.43. The number of benzene rings is 1. The van der Waals surface area contributed by atoms with E-state index in [1.165, 1.54) is 5.56 Å². The molecule has 8 heteroatoms. The van der Waals surface area contributed by atoms with E-state index in [1.807, 2.05) is 0 Å². The van der Waals surface area contributed by atoms with E-state index >= 15 is 0 Å². The van der Waals surface area contributed by atoms with Crippen molar-refractivity contribution < 1.29 is 9.53 Å². The Morgan fingerprint density at radius 2 is 1.96 bits per heavy atom. The van der Waals surface area contributed by atoms with Crippen LogP contribution in [0.2, 0.25) is 0 Å². The van der Waals surface area contributed by atoms with Crippen molar-refractivity contribution in [2.24, 2.45) is 7.05 Å². The van der Waals surface area contributed by atoms with E-state index in [0.717, 1.165) is 53.8 Å². The van der Waals surface area contributed by atoms with Crippen molar-refractivity contribution >= 4 is 32.6 Å². The standard InChI is InChI=1S/C20H25N5O2S/c1-14-4-5-15(2)18-17(14)22-20(28-18)25(9-8-24-10-12-27-13-11-24)19(26)16-6-7-21-23(16)3/h4-7H,8-13H2,1-3H3. The van der Waals surface area contributed by atoms with Crippen molar-refractivity contribution in [3.05, 3.63) is 41.2 Å². The molecule has 0 N–H and O–H groups in total. The second-order valence-electron chi connectivity index (χ2n) is 7.12. The Morgan fingerprint density at radius 3 is 2.64 bits per heavy atom. The van der Waals surface area contributed by atoms with E-state index in [-0.39, 0.29) is 5.91 Å². The molecular formula is C20H25N5O2S. The summed E-state index contributed by atoms with van der Waals surface area (Å²) in [7, 11) is 1.79. The average Bonchev–Trinajstić information content (AvgIpc) is 3.33. The van der Waals surface area contributed by atoms with Crippen LogP contribution < -0.4 is 4.90 Å². The van der Waals surface area contributed by atoms with Gasteiger partial charge in [-0.05, 0) is 31.0 Å². The van der Waals surface area contributed by atoms with Gasteiger partial charge in [-0.2, -0.15) is 5.10 Å². The molecular weight excluding hydrogens is 374 g/mol. The Bertz CT molecular complexity index is 951. The van der Waals surface area contributed by atoms with Crippen LogP contribution in [-0.4, -0.2) is 65.0 Å². The molecule has 28 heavy (non-hydrogen) atoms. The predicted octanol–water partition coefficient (Wildman–Crippen LogP) is 2.63. The molecule has 3 aromatic rings. The van der Waals surface area contributed by atoms with Crippen molar-refractivity contribution in [2.75, 3.05) is 44.3 Å². The summed E-state index contributed by atoms with van der Waals surface area (Å²) in [5.74, 6) is -0.0670. The molecule has 0 saturated carbocycles. The molecule has 0 unspecified atom stereocenters. The average molecular weight is 400 g/mol. The SMILES string of the molecule is Cc1ccc(C)c2sc(N(CCN3CCOCC3)C(=O)c3ccnn3C)nc12. The molecule has 2 aromatic heterocycles. The molecule has 7 nitrogen and oxygen atoms in total. The molecule has 1 aliphatic rings. The monoisotopic (exact) mass is 399 g/mol. The summed E-state index contributed by atoms with van der Waals surface area (Å²) in [5, 5.41) is 4.90. The second kappa shape index (κ2) is 7.98. The molecule has 0 aliphatic carbocycles. The molecule has 1 aliphatic heterocycles. The van der Waals surface area contributed by atoms with Crippen LogP contribution in [0, 0.1) is 13.8 Å². The molecule has 3 heterocycles.